The molecule has 0 aromatic heterocycles. The normalized spacial score (nSPS) is 16.9. The van der Waals surface area contributed by atoms with Gasteiger partial charge in [-0.3, -0.25) is 0 Å². The number of rotatable bonds is 12. The molecular formula is C18H38N2. The highest BCUT2D eigenvalue weighted by atomic mass is 15.1. The molecule has 2 heteroatoms. The lowest BCUT2D eigenvalue weighted by Gasteiger charge is -2.29. The summed E-state index contributed by atoms with van der Waals surface area (Å²) in [5.41, 5.74) is 0. The fourth-order valence-electron chi connectivity index (χ4n) is 3.28. The Labute approximate surface area is 127 Å². The van der Waals surface area contributed by atoms with Crippen molar-refractivity contribution in [2.45, 2.75) is 78.1 Å². The topological polar surface area (TPSA) is 15.3 Å². The van der Waals surface area contributed by atoms with Gasteiger partial charge in [-0.2, -0.15) is 0 Å². The number of nitrogens with zero attached hydrogens (tertiary/aromatic N) is 1. The Morgan fingerprint density at radius 3 is 2.05 bits per heavy atom. The molecule has 120 valence electrons. The van der Waals surface area contributed by atoms with Crippen LogP contribution in [-0.2, 0) is 0 Å². The first kappa shape index (κ1) is 18.0. The molecule has 1 fully saturated rings. The molecule has 0 spiro atoms. The van der Waals surface area contributed by atoms with E-state index in [4.69, 9.17) is 0 Å². The van der Waals surface area contributed by atoms with E-state index in [1.807, 2.05) is 0 Å². The lowest BCUT2D eigenvalue weighted by atomic mass is 9.97. The number of piperidine rings is 1. The Balaban J connectivity index is 1.94. The molecule has 0 aliphatic carbocycles. The third-order valence-electron chi connectivity index (χ3n) is 4.75. The van der Waals surface area contributed by atoms with Crippen molar-refractivity contribution >= 4 is 0 Å². The van der Waals surface area contributed by atoms with E-state index in [1.54, 1.807) is 0 Å². The molecule has 0 amide bonds. The van der Waals surface area contributed by atoms with Crippen LogP contribution < -0.4 is 5.32 Å². The maximum Gasteiger partial charge on any atom is 0.00105 e. The predicted molar refractivity (Wildman–Crippen MR) is 90.3 cm³/mol. The third kappa shape index (κ3) is 8.97. The second-order valence-electron chi connectivity index (χ2n) is 6.56. The van der Waals surface area contributed by atoms with Crippen molar-refractivity contribution < 1.29 is 0 Å². The standard InChI is InChI=1S/C18H38N2/c1-3-5-6-7-8-9-10-11-16-20(4-2)17-18-12-14-19-15-13-18/h18-19H,3-17H2,1-2H3. The van der Waals surface area contributed by atoms with E-state index in [2.05, 4.69) is 24.1 Å². The quantitative estimate of drug-likeness (QED) is 0.532. The van der Waals surface area contributed by atoms with Gasteiger partial charge < -0.3 is 10.2 Å². The van der Waals surface area contributed by atoms with Crippen LogP contribution in [0.5, 0.6) is 0 Å². The van der Waals surface area contributed by atoms with Gasteiger partial charge in [0.05, 0.1) is 0 Å². The summed E-state index contributed by atoms with van der Waals surface area (Å²) in [5, 5.41) is 3.47. The first-order valence-electron chi connectivity index (χ1n) is 9.29. The van der Waals surface area contributed by atoms with Gasteiger partial charge in [0.25, 0.3) is 0 Å². The van der Waals surface area contributed by atoms with Crippen LogP contribution in [0.15, 0.2) is 0 Å². The van der Waals surface area contributed by atoms with Gasteiger partial charge >= 0.3 is 0 Å². The smallest absolute Gasteiger partial charge is 0.00105 e. The van der Waals surface area contributed by atoms with Gasteiger partial charge in [0, 0.05) is 6.54 Å². The van der Waals surface area contributed by atoms with Crippen LogP contribution >= 0.6 is 0 Å². The van der Waals surface area contributed by atoms with E-state index in [9.17, 15) is 0 Å². The minimum absolute atomic E-state index is 0.949. The second kappa shape index (κ2) is 12.6. The summed E-state index contributed by atoms with van der Waals surface area (Å²) in [6.07, 6.45) is 14.2. The van der Waals surface area contributed by atoms with E-state index in [0.29, 0.717) is 0 Å². The molecule has 0 radical (unpaired) electrons. The molecule has 0 aromatic rings. The van der Waals surface area contributed by atoms with Gasteiger partial charge in [-0.25, -0.2) is 0 Å². The molecule has 1 N–H and O–H groups in total. The van der Waals surface area contributed by atoms with Gasteiger partial charge in [0.2, 0.25) is 0 Å². The van der Waals surface area contributed by atoms with Gasteiger partial charge in [0.15, 0.2) is 0 Å². The minimum atomic E-state index is 0.949. The molecule has 0 saturated carbocycles. The van der Waals surface area contributed by atoms with Crippen LogP contribution in [0.3, 0.4) is 0 Å². The average molecular weight is 283 g/mol. The summed E-state index contributed by atoms with van der Waals surface area (Å²) >= 11 is 0. The largest absolute Gasteiger partial charge is 0.317 e. The fourth-order valence-corrected chi connectivity index (χ4v) is 3.28. The zero-order valence-corrected chi connectivity index (χ0v) is 14.1. The summed E-state index contributed by atoms with van der Waals surface area (Å²) in [5.74, 6) is 0.949. The summed E-state index contributed by atoms with van der Waals surface area (Å²) in [6, 6.07) is 0. The molecule has 2 nitrogen and oxygen atoms in total. The first-order valence-corrected chi connectivity index (χ1v) is 9.29. The maximum atomic E-state index is 3.47. The molecule has 0 atom stereocenters. The second-order valence-corrected chi connectivity index (χ2v) is 6.56. The Morgan fingerprint density at radius 1 is 0.850 bits per heavy atom. The molecule has 20 heavy (non-hydrogen) atoms. The molecule has 1 rings (SSSR count). The van der Waals surface area contributed by atoms with Crippen LogP contribution in [0.4, 0.5) is 0 Å². The molecule has 1 heterocycles. The Morgan fingerprint density at radius 2 is 1.45 bits per heavy atom. The minimum Gasteiger partial charge on any atom is -0.317 e. The van der Waals surface area contributed by atoms with Crippen molar-refractivity contribution in [3.05, 3.63) is 0 Å². The van der Waals surface area contributed by atoms with Crippen LogP contribution in [0.1, 0.15) is 78.1 Å². The molecule has 0 bridgehead atoms. The molecule has 1 aliphatic rings. The lowest BCUT2D eigenvalue weighted by molar-refractivity contribution is 0.210. The Bertz CT molecular complexity index is 200. The SMILES string of the molecule is CCCCCCCCCCN(CC)CC1CCNCC1. The van der Waals surface area contributed by atoms with Crippen molar-refractivity contribution in [1.82, 2.24) is 10.2 Å². The van der Waals surface area contributed by atoms with Crippen molar-refractivity contribution in [2.75, 3.05) is 32.7 Å². The molecule has 0 aromatic carbocycles. The lowest BCUT2D eigenvalue weighted by Crippen LogP contribution is -2.36. The summed E-state index contributed by atoms with van der Waals surface area (Å²) in [4.78, 5) is 2.69. The Kier molecular flexibility index (Phi) is 11.4. The van der Waals surface area contributed by atoms with Crippen molar-refractivity contribution in [1.29, 1.82) is 0 Å². The van der Waals surface area contributed by atoms with Gasteiger partial charge in [0.1, 0.15) is 0 Å². The summed E-state index contributed by atoms with van der Waals surface area (Å²) < 4.78 is 0. The van der Waals surface area contributed by atoms with Gasteiger partial charge in [-0.05, 0) is 51.4 Å². The van der Waals surface area contributed by atoms with E-state index in [-0.39, 0.29) is 0 Å². The molecule has 1 saturated heterocycles. The number of nitrogens with one attached hydrogen (secondary N) is 1. The highest BCUT2D eigenvalue weighted by Gasteiger charge is 2.15. The highest BCUT2D eigenvalue weighted by Crippen LogP contribution is 2.14. The number of hydrogen-bond acceptors (Lipinski definition) is 2. The van der Waals surface area contributed by atoms with Gasteiger partial charge in [-0.1, -0.05) is 58.8 Å². The first-order chi connectivity index (χ1) is 9.86. The molecule has 1 aliphatic heterocycles. The van der Waals surface area contributed by atoms with E-state index in [0.717, 1.165) is 5.92 Å². The zero-order valence-electron chi connectivity index (χ0n) is 14.1. The third-order valence-corrected chi connectivity index (χ3v) is 4.75. The monoisotopic (exact) mass is 282 g/mol. The molecule has 0 unspecified atom stereocenters. The van der Waals surface area contributed by atoms with E-state index in [1.165, 1.54) is 96.9 Å². The van der Waals surface area contributed by atoms with Crippen LogP contribution in [0.2, 0.25) is 0 Å². The highest BCUT2D eigenvalue weighted by molar-refractivity contribution is 4.72. The van der Waals surface area contributed by atoms with Gasteiger partial charge in [-0.15, -0.1) is 0 Å². The zero-order chi connectivity index (χ0) is 14.5. The summed E-state index contributed by atoms with van der Waals surface area (Å²) in [6.45, 7) is 11.0. The predicted octanol–water partition coefficient (Wildman–Crippen LogP) is 4.45. The number of hydrogen-bond donors (Lipinski definition) is 1. The van der Waals surface area contributed by atoms with E-state index >= 15 is 0 Å². The maximum absolute atomic E-state index is 3.47. The van der Waals surface area contributed by atoms with E-state index < -0.39 is 0 Å². The van der Waals surface area contributed by atoms with Crippen LogP contribution in [0.25, 0.3) is 0 Å². The fraction of sp³-hybridized carbons (Fsp3) is 1.00. The Hall–Kier alpha value is -0.0800. The number of unbranched alkanes of at least 4 members (excludes halogenated alkanes) is 7. The average Bonchev–Trinajstić information content (AvgIpc) is 2.49. The molecular weight excluding hydrogens is 244 g/mol. The van der Waals surface area contributed by atoms with Crippen LogP contribution in [-0.4, -0.2) is 37.6 Å². The van der Waals surface area contributed by atoms with Crippen molar-refractivity contribution in [2.24, 2.45) is 5.92 Å². The van der Waals surface area contributed by atoms with Crippen molar-refractivity contribution in [3.63, 3.8) is 0 Å². The summed E-state index contributed by atoms with van der Waals surface area (Å²) in [7, 11) is 0. The van der Waals surface area contributed by atoms with Crippen LogP contribution in [0, 0.1) is 5.92 Å². The van der Waals surface area contributed by atoms with Crippen molar-refractivity contribution in [3.8, 4) is 0 Å².